The molecule has 0 amide bonds. The molecule has 0 fully saturated rings. The van der Waals surface area contributed by atoms with Crippen LogP contribution < -0.4 is 3.27 Å². The molecule has 0 unspecified atom stereocenters. The first kappa shape index (κ1) is 34.6. The van der Waals surface area contributed by atoms with E-state index >= 15 is 0 Å². The number of aryl methyl sites for hydroxylation is 2. The summed E-state index contributed by atoms with van der Waals surface area (Å²) in [6.07, 6.45) is 9.27. The van der Waals surface area contributed by atoms with Gasteiger partial charge in [-0.05, 0) is 0 Å². The van der Waals surface area contributed by atoms with Gasteiger partial charge in [0.1, 0.15) is 0 Å². The summed E-state index contributed by atoms with van der Waals surface area (Å²) in [6.45, 7) is 18.6. The average molecular weight is 701 g/mol. The summed E-state index contributed by atoms with van der Waals surface area (Å²) in [6, 6.07) is 31.0. The summed E-state index contributed by atoms with van der Waals surface area (Å²) in [7, 11) is 0. The molecule has 44 heavy (non-hydrogen) atoms. The van der Waals surface area contributed by atoms with E-state index in [9.17, 15) is 0 Å². The van der Waals surface area contributed by atoms with E-state index < -0.39 is 21.3 Å². The van der Waals surface area contributed by atoms with Crippen LogP contribution in [-0.4, -0.2) is 3.21 Å². The van der Waals surface area contributed by atoms with Crippen molar-refractivity contribution in [1.29, 1.82) is 0 Å². The first-order valence-electron chi connectivity index (χ1n) is 15.5. The van der Waals surface area contributed by atoms with Gasteiger partial charge in [-0.3, -0.25) is 0 Å². The van der Waals surface area contributed by atoms with Crippen molar-refractivity contribution < 1.29 is 21.3 Å². The topological polar surface area (TPSA) is 0 Å². The second kappa shape index (κ2) is 13.2. The molecule has 0 nitrogen and oxygen atoms in total. The molecule has 0 N–H and O–H groups in total. The fraction of sp³-hybridized carbons (Fsp3) is 0.293. The number of benzene rings is 4. The molecule has 0 radical (unpaired) electrons. The van der Waals surface area contributed by atoms with E-state index in [-0.39, 0.29) is 35.6 Å². The smallest absolute Gasteiger partial charge is 0.147 e. The van der Waals surface area contributed by atoms with Gasteiger partial charge in [-0.2, -0.15) is 0 Å². The van der Waals surface area contributed by atoms with Gasteiger partial charge >= 0.3 is 263 Å². The normalized spacial score (nSPS) is 13.4. The number of fused-ring (bicyclic) bond motifs is 3. The van der Waals surface area contributed by atoms with E-state index in [0.29, 0.717) is 0 Å². The van der Waals surface area contributed by atoms with Crippen LogP contribution in [0.1, 0.15) is 92.5 Å². The molecule has 0 heterocycles. The average Bonchev–Trinajstić information content (AvgIpc) is 3.59. The van der Waals surface area contributed by atoms with Crippen molar-refractivity contribution in [1.82, 2.24) is 0 Å². The number of rotatable bonds is 4. The van der Waals surface area contributed by atoms with Crippen LogP contribution in [0.2, 0.25) is 0 Å². The summed E-state index contributed by atoms with van der Waals surface area (Å²) >= 11 is -2.74. The minimum absolute atomic E-state index is 0. The standard InChI is InChI=1S/C21H25.C15H14.C5H5.2ClH.Zr/c1-20(2,3)16-7-9-18-14(12-16)11-15-13-17(21(4,5)6)8-10-19(15)18;1-12-3-7-14(8-4-12)11-15-9-5-13(2)6-10-15;1-2-4-5-3-1;;;/h7-10,12H,11H2,1-6H3;3-10H,1-2H3;1-3H,4H2;2*1H;. The first-order valence-corrected chi connectivity index (χ1v) is 19.2. The Balaban J connectivity index is 0.00000221. The largest absolute Gasteiger partial charge is 0.147 e. The van der Waals surface area contributed by atoms with Crippen molar-refractivity contribution >= 4 is 31.3 Å². The summed E-state index contributed by atoms with van der Waals surface area (Å²) in [4.78, 5) is 0. The quantitative estimate of drug-likeness (QED) is 0.175. The van der Waals surface area contributed by atoms with Crippen LogP contribution in [-0.2, 0) is 38.5 Å². The van der Waals surface area contributed by atoms with Gasteiger partial charge in [0.05, 0.1) is 0 Å². The maximum Gasteiger partial charge on any atom is -0.147 e. The molecule has 0 saturated heterocycles. The molecular formula is C41H46Cl2Zr. The Labute approximate surface area is 285 Å². The third kappa shape index (κ3) is 6.63. The number of allylic oxidation sites excluding steroid dienone is 4. The van der Waals surface area contributed by atoms with Crippen LogP contribution >= 0.6 is 24.8 Å². The maximum absolute atomic E-state index is 2.74. The van der Waals surface area contributed by atoms with Crippen LogP contribution in [0.25, 0.3) is 11.1 Å². The van der Waals surface area contributed by atoms with Gasteiger partial charge in [-0.15, -0.1) is 24.8 Å². The van der Waals surface area contributed by atoms with Gasteiger partial charge in [-0.1, -0.05) is 0 Å². The third-order valence-electron chi connectivity index (χ3n) is 9.02. The minimum atomic E-state index is -2.74. The van der Waals surface area contributed by atoms with Gasteiger partial charge in [0, 0.05) is 0 Å². The summed E-state index contributed by atoms with van der Waals surface area (Å²) in [5, 5.41) is 0. The molecule has 4 aromatic carbocycles. The van der Waals surface area contributed by atoms with Crippen LogP contribution in [0.5, 0.6) is 0 Å². The molecule has 4 aromatic rings. The number of halogens is 2. The van der Waals surface area contributed by atoms with Gasteiger partial charge < -0.3 is 0 Å². The summed E-state index contributed by atoms with van der Waals surface area (Å²) < 4.78 is 5.00. The fourth-order valence-electron chi connectivity index (χ4n) is 6.63. The van der Waals surface area contributed by atoms with E-state index in [1.54, 1.807) is 20.9 Å². The van der Waals surface area contributed by atoms with E-state index in [1.807, 2.05) is 0 Å². The molecule has 0 aliphatic heterocycles. The van der Waals surface area contributed by atoms with Crippen molar-refractivity contribution in [2.45, 2.75) is 79.1 Å². The van der Waals surface area contributed by atoms with Crippen molar-refractivity contribution in [3.63, 3.8) is 0 Å². The number of hydrogen-bond acceptors (Lipinski definition) is 0. The summed E-state index contributed by atoms with van der Waals surface area (Å²) in [5.41, 5.74) is 14.6. The zero-order valence-corrected chi connectivity index (χ0v) is 31.6. The molecule has 0 aromatic heterocycles. The SMILES string of the molecule is Cc1ccc([C](c2ccc(C)cc2)=[Zr]([C]2=CC=CC2)[c]2c(C(C)(C)C)ccc3c2Cc2cc(C(C)(C)C)ccc2-3)cc1.Cl.Cl. The minimum Gasteiger partial charge on any atom is -0.147 e. The van der Waals surface area contributed by atoms with E-state index in [0.717, 1.165) is 12.8 Å². The third-order valence-corrected chi connectivity index (χ3v) is 16.8. The predicted molar refractivity (Wildman–Crippen MR) is 194 cm³/mol. The van der Waals surface area contributed by atoms with Crippen LogP contribution in [0.4, 0.5) is 0 Å². The van der Waals surface area contributed by atoms with Gasteiger partial charge in [0.2, 0.25) is 0 Å². The molecule has 0 atom stereocenters. The Morgan fingerprint density at radius 1 is 0.659 bits per heavy atom. The second-order valence-electron chi connectivity index (χ2n) is 14.4. The van der Waals surface area contributed by atoms with Gasteiger partial charge in [0.15, 0.2) is 0 Å². The molecule has 0 bridgehead atoms. The molecule has 0 saturated carbocycles. The van der Waals surface area contributed by atoms with Crippen molar-refractivity contribution in [2.24, 2.45) is 0 Å². The molecule has 2 aliphatic rings. The molecule has 6 rings (SSSR count). The fourth-order valence-corrected chi connectivity index (χ4v) is 15.6. The van der Waals surface area contributed by atoms with Gasteiger partial charge in [0.25, 0.3) is 0 Å². The van der Waals surface area contributed by atoms with Crippen molar-refractivity contribution in [3.8, 4) is 11.1 Å². The van der Waals surface area contributed by atoms with Crippen LogP contribution in [0.3, 0.4) is 0 Å². The Bertz CT molecular complexity index is 1720. The van der Waals surface area contributed by atoms with Gasteiger partial charge in [-0.25, -0.2) is 0 Å². The predicted octanol–water partition coefficient (Wildman–Crippen LogP) is 10.7. The molecule has 228 valence electrons. The van der Waals surface area contributed by atoms with E-state index in [1.165, 1.54) is 44.5 Å². The van der Waals surface area contributed by atoms with Crippen molar-refractivity contribution in [3.05, 3.63) is 145 Å². The van der Waals surface area contributed by atoms with E-state index in [4.69, 9.17) is 0 Å². The zero-order valence-electron chi connectivity index (χ0n) is 27.5. The first-order chi connectivity index (χ1) is 19.9. The maximum atomic E-state index is 2.50. The monoisotopic (exact) mass is 698 g/mol. The zero-order chi connectivity index (χ0) is 29.8. The second-order valence-corrected chi connectivity index (χ2v) is 20.2. The Morgan fingerprint density at radius 3 is 1.73 bits per heavy atom. The number of hydrogen-bond donors (Lipinski definition) is 0. The molecule has 0 spiro atoms. The molecule has 3 heteroatoms. The van der Waals surface area contributed by atoms with Crippen LogP contribution in [0.15, 0.2) is 100 Å². The van der Waals surface area contributed by atoms with Crippen molar-refractivity contribution in [2.75, 3.05) is 0 Å². The Hall–Kier alpha value is -2.31. The molecular weight excluding hydrogens is 655 g/mol. The Morgan fingerprint density at radius 2 is 1.23 bits per heavy atom. The molecule has 2 aliphatic carbocycles. The van der Waals surface area contributed by atoms with Crippen LogP contribution in [0, 0.1) is 13.8 Å². The Kier molecular flexibility index (Phi) is 10.4. The summed E-state index contributed by atoms with van der Waals surface area (Å²) in [5.74, 6) is 0. The van der Waals surface area contributed by atoms with E-state index in [2.05, 4.69) is 152 Å².